The van der Waals surface area contributed by atoms with Crippen LogP contribution < -0.4 is 0 Å². The summed E-state index contributed by atoms with van der Waals surface area (Å²) in [5.74, 6) is -10.7. The molecule has 0 spiro atoms. The van der Waals surface area contributed by atoms with Crippen LogP contribution in [0.3, 0.4) is 0 Å². The van der Waals surface area contributed by atoms with E-state index in [9.17, 15) is 38.4 Å². The molecule has 0 saturated heterocycles. The van der Waals surface area contributed by atoms with Gasteiger partial charge in [-0.15, -0.1) is 0 Å². The van der Waals surface area contributed by atoms with Gasteiger partial charge in [0.05, 0.1) is 0 Å². The summed E-state index contributed by atoms with van der Waals surface area (Å²) in [6.07, 6.45) is 2.70. The van der Waals surface area contributed by atoms with Crippen molar-refractivity contribution in [1.82, 2.24) is 0 Å². The lowest BCUT2D eigenvalue weighted by Gasteiger charge is -2.02. The molecule has 0 bridgehead atoms. The van der Waals surface area contributed by atoms with Crippen molar-refractivity contribution in [1.29, 1.82) is 0 Å². The molecule has 0 heterocycles. The van der Waals surface area contributed by atoms with E-state index >= 15 is 0 Å². The maximum atomic E-state index is 11.3. The molecule has 30 heavy (non-hydrogen) atoms. The van der Waals surface area contributed by atoms with Gasteiger partial charge in [0.15, 0.2) is 13.2 Å². The first-order chi connectivity index (χ1) is 14.0. The average Bonchev–Trinajstić information content (AvgIpc) is 2.65. The molecule has 2 N–H and O–H groups in total. The normalized spacial score (nSPS) is 10.5. The van der Waals surface area contributed by atoms with E-state index in [1.165, 1.54) is 0 Å². The standard InChI is InChI=1S/C16H12O14/c17-9(18)1-3-13(23)29-15(25)7-27-11(21)5-6-12(22)28-8-16(26)30-14(24)4-2-10(19)20/h1-6H,7-8H2,(H,17,18)(H,19,20)/b3-1+,4-2+,6-5+. The van der Waals surface area contributed by atoms with Gasteiger partial charge >= 0.3 is 47.8 Å². The number of carbonyl (C=O) groups excluding carboxylic acids is 6. The predicted molar refractivity (Wildman–Crippen MR) is 86.8 cm³/mol. The van der Waals surface area contributed by atoms with Crippen LogP contribution in [0.15, 0.2) is 36.5 Å². The van der Waals surface area contributed by atoms with Crippen LogP contribution in [0.2, 0.25) is 0 Å². The summed E-state index contributed by atoms with van der Waals surface area (Å²) in [4.78, 5) is 87.1. The van der Waals surface area contributed by atoms with Gasteiger partial charge in [-0.3, -0.25) is 0 Å². The first-order valence-electron chi connectivity index (χ1n) is 7.32. The van der Waals surface area contributed by atoms with Crippen molar-refractivity contribution in [2.24, 2.45) is 0 Å². The topological polar surface area (TPSA) is 214 Å². The van der Waals surface area contributed by atoms with Gasteiger partial charge in [-0.2, -0.15) is 0 Å². The highest BCUT2D eigenvalue weighted by Crippen LogP contribution is 1.91. The predicted octanol–water partition coefficient (Wildman–Crippen LogP) is -1.95. The zero-order valence-corrected chi connectivity index (χ0v) is 14.7. The zero-order valence-electron chi connectivity index (χ0n) is 14.7. The lowest BCUT2D eigenvalue weighted by atomic mass is 10.5. The number of esters is 6. The van der Waals surface area contributed by atoms with Crippen molar-refractivity contribution in [3.05, 3.63) is 36.5 Å². The molecule has 0 unspecified atom stereocenters. The molecule has 14 heteroatoms. The maximum Gasteiger partial charge on any atom is 0.352 e. The van der Waals surface area contributed by atoms with E-state index < -0.39 is 61.0 Å². The van der Waals surface area contributed by atoms with Gasteiger partial charge < -0.3 is 29.2 Å². The maximum absolute atomic E-state index is 11.3. The number of carboxylic acids is 2. The molecular formula is C16H12O14. The first-order valence-corrected chi connectivity index (χ1v) is 7.32. The van der Waals surface area contributed by atoms with Gasteiger partial charge in [0.2, 0.25) is 0 Å². The number of carboxylic acid groups (broad SMARTS) is 2. The third-order valence-corrected chi connectivity index (χ3v) is 2.17. The second-order valence-corrected chi connectivity index (χ2v) is 4.48. The fourth-order valence-electron chi connectivity index (χ4n) is 1.12. The van der Waals surface area contributed by atoms with Gasteiger partial charge in [0.25, 0.3) is 0 Å². The number of hydrogen-bond donors (Lipinski definition) is 2. The average molecular weight is 428 g/mol. The summed E-state index contributed by atoms with van der Waals surface area (Å²) in [5, 5.41) is 16.5. The molecular weight excluding hydrogens is 416 g/mol. The molecule has 14 nitrogen and oxygen atoms in total. The summed E-state index contributed by atoms with van der Waals surface area (Å²) in [6, 6.07) is 0. The summed E-state index contributed by atoms with van der Waals surface area (Å²) < 4.78 is 16.8. The van der Waals surface area contributed by atoms with E-state index in [1.54, 1.807) is 0 Å². The zero-order chi connectivity index (χ0) is 23.1. The molecule has 0 aromatic heterocycles. The molecule has 160 valence electrons. The fraction of sp³-hybridized carbons (Fsp3) is 0.125. The molecule has 0 rings (SSSR count). The van der Waals surface area contributed by atoms with Crippen molar-refractivity contribution < 1.29 is 67.5 Å². The summed E-state index contributed by atoms with van der Waals surface area (Å²) in [7, 11) is 0. The Hall–Kier alpha value is -4.62. The Morgan fingerprint density at radius 1 is 0.500 bits per heavy atom. The van der Waals surface area contributed by atoms with Crippen LogP contribution in [0.4, 0.5) is 0 Å². The van der Waals surface area contributed by atoms with Crippen LogP contribution in [0, 0.1) is 0 Å². The SMILES string of the molecule is O=C(O)/C=C/C(=O)OC(=O)COC(=O)/C=C/C(=O)OCC(=O)OC(=O)/C=C/C(=O)O. The second kappa shape index (κ2) is 13.5. The molecule has 0 amide bonds. The summed E-state index contributed by atoms with van der Waals surface area (Å²) >= 11 is 0. The van der Waals surface area contributed by atoms with Gasteiger partial charge in [0, 0.05) is 36.5 Å². The van der Waals surface area contributed by atoms with E-state index in [0.717, 1.165) is 0 Å². The van der Waals surface area contributed by atoms with Crippen molar-refractivity contribution in [2.45, 2.75) is 0 Å². The third kappa shape index (κ3) is 14.5. The molecule has 0 fully saturated rings. The Kier molecular flexibility index (Phi) is 11.4. The number of hydrogen-bond acceptors (Lipinski definition) is 12. The smallest absolute Gasteiger partial charge is 0.352 e. The van der Waals surface area contributed by atoms with E-state index in [2.05, 4.69) is 18.9 Å². The summed E-state index contributed by atoms with van der Waals surface area (Å²) in [6.45, 7) is -2.08. The molecule has 0 aliphatic heterocycles. The highest BCUT2D eigenvalue weighted by atomic mass is 16.6. The highest BCUT2D eigenvalue weighted by molar-refractivity contribution is 5.98. The monoisotopic (exact) mass is 428 g/mol. The quantitative estimate of drug-likeness (QED) is 0.167. The summed E-state index contributed by atoms with van der Waals surface area (Å²) in [5.41, 5.74) is 0. The molecule has 0 aromatic rings. The number of carbonyl (C=O) groups is 8. The van der Waals surface area contributed by atoms with Crippen LogP contribution in [0.25, 0.3) is 0 Å². The van der Waals surface area contributed by atoms with Crippen LogP contribution >= 0.6 is 0 Å². The fourth-order valence-corrected chi connectivity index (χ4v) is 1.12. The van der Waals surface area contributed by atoms with Gasteiger partial charge in [-0.05, 0) is 0 Å². The Labute approximate surface area is 165 Å². The minimum atomic E-state index is -1.46. The molecule has 0 aliphatic rings. The van der Waals surface area contributed by atoms with Crippen LogP contribution in [-0.2, 0) is 57.3 Å². The van der Waals surface area contributed by atoms with Crippen molar-refractivity contribution in [3.63, 3.8) is 0 Å². The van der Waals surface area contributed by atoms with Crippen molar-refractivity contribution in [2.75, 3.05) is 13.2 Å². The highest BCUT2D eigenvalue weighted by Gasteiger charge is 2.12. The largest absolute Gasteiger partial charge is 0.478 e. The van der Waals surface area contributed by atoms with Crippen molar-refractivity contribution >= 4 is 47.8 Å². The Bertz CT molecular complexity index is 761. The first kappa shape index (κ1) is 25.4. The van der Waals surface area contributed by atoms with Crippen LogP contribution in [-0.4, -0.2) is 71.2 Å². The number of rotatable bonds is 10. The molecule has 0 radical (unpaired) electrons. The molecule has 0 atom stereocenters. The third-order valence-electron chi connectivity index (χ3n) is 2.17. The molecule has 0 aliphatic carbocycles. The van der Waals surface area contributed by atoms with E-state index in [4.69, 9.17) is 10.2 Å². The number of ether oxygens (including phenoxy) is 4. The van der Waals surface area contributed by atoms with Gasteiger partial charge in [0.1, 0.15) is 0 Å². The Morgan fingerprint density at radius 3 is 1.10 bits per heavy atom. The second-order valence-electron chi connectivity index (χ2n) is 4.48. The van der Waals surface area contributed by atoms with Crippen LogP contribution in [0.5, 0.6) is 0 Å². The Morgan fingerprint density at radius 2 is 0.800 bits per heavy atom. The molecule has 0 saturated carbocycles. The van der Waals surface area contributed by atoms with Gasteiger partial charge in [-0.1, -0.05) is 0 Å². The van der Waals surface area contributed by atoms with E-state index in [1.807, 2.05) is 0 Å². The lowest BCUT2D eigenvalue weighted by molar-refractivity contribution is -0.164. The number of aliphatic carboxylic acids is 2. The van der Waals surface area contributed by atoms with Crippen molar-refractivity contribution in [3.8, 4) is 0 Å². The minimum absolute atomic E-state index is 0.411. The van der Waals surface area contributed by atoms with E-state index in [0.29, 0.717) is 36.5 Å². The molecule has 0 aromatic carbocycles. The van der Waals surface area contributed by atoms with Gasteiger partial charge in [-0.25, -0.2) is 38.4 Å². The van der Waals surface area contributed by atoms with E-state index in [-0.39, 0.29) is 0 Å². The lowest BCUT2D eigenvalue weighted by Crippen LogP contribution is -2.19. The minimum Gasteiger partial charge on any atom is -0.478 e. The van der Waals surface area contributed by atoms with Crippen LogP contribution in [0.1, 0.15) is 0 Å². The Balaban J connectivity index is 4.22.